The molecule has 116 valence electrons. The molecule has 0 aliphatic rings. The SMILES string of the molecule is CN(C)C(=O)Sc1ccccc1NC(=O)c1cc(Br)c(Br)s1. The van der Waals surface area contributed by atoms with E-state index >= 15 is 0 Å². The molecule has 0 aliphatic heterocycles. The maximum Gasteiger partial charge on any atom is 0.286 e. The molecular formula is C14H12Br2N2O2S2. The highest BCUT2D eigenvalue weighted by atomic mass is 79.9. The first kappa shape index (κ1) is 17.5. The minimum atomic E-state index is -0.207. The number of anilines is 1. The average Bonchev–Trinajstić information content (AvgIpc) is 2.80. The Morgan fingerprint density at radius 1 is 1.23 bits per heavy atom. The summed E-state index contributed by atoms with van der Waals surface area (Å²) in [4.78, 5) is 26.9. The lowest BCUT2D eigenvalue weighted by atomic mass is 10.3. The molecule has 1 aromatic heterocycles. The normalized spacial score (nSPS) is 10.4. The van der Waals surface area contributed by atoms with E-state index in [1.165, 1.54) is 16.2 Å². The van der Waals surface area contributed by atoms with Gasteiger partial charge in [0.05, 0.1) is 14.4 Å². The summed E-state index contributed by atoms with van der Waals surface area (Å²) in [6.07, 6.45) is 0. The van der Waals surface area contributed by atoms with Crippen LogP contribution in [0.4, 0.5) is 10.5 Å². The Kier molecular flexibility index (Phi) is 6.08. The molecule has 2 amide bonds. The monoisotopic (exact) mass is 462 g/mol. The number of para-hydroxylation sites is 1. The number of thiophene rings is 1. The van der Waals surface area contributed by atoms with E-state index in [2.05, 4.69) is 37.2 Å². The molecule has 0 atom stereocenters. The number of hydrogen-bond donors (Lipinski definition) is 1. The summed E-state index contributed by atoms with van der Waals surface area (Å²) < 4.78 is 1.70. The van der Waals surface area contributed by atoms with Crippen molar-refractivity contribution in [2.75, 3.05) is 19.4 Å². The van der Waals surface area contributed by atoms with Crippen LogP contribution in [-0.2, 0) is 0 Å². The maximum atomic E-state index is 12.3. The number of nitrogens with one attached hydrogen (secondary N) is 1. The summed E-state index contributed by atoms with van der Waals surface area (Å²) in [6, 6.07) is 8.99. The van der Waals surface area contributed by atoms with Gasteiger partial charge in [-0.15, -0.1) is 11.3 Å². The zero-order valence-corrected chi connectivity index (χ0v) is 16.5. The summed E-state index contributed by atoms with van der Waals surface area (Å²) in [5, 5.41) is 2.76. The second-order valence-electron chi connectivity index (χ2n) is 4.44. The fraction of sp³-hybridized carbons (Fsp3) is 0.143. The second-order valence-corrected chi connectivity index (χ2v) is 8.66. The summed E-state index contributed by atoms with van der Waals surface area (Å²) in [5.41, 5.74) is 0.619. The van der Waals surface area contributed by atoms with Gasteiger partial charge < -0.3 is 10.2 Å². The standard InChI is InChI=1S/C14H12Br2N2O2S2/c1-18(2)14(20)22-10-6-4-3-5-9(10)17-13(19)11-7-8(15)12(16)21-11/h3-7H,1-2H3,(H,17,19). The van der Waals surface area contributed by atoms with Gasteiger partial charge in [0.1, 0.15) is 0 Å². The molecule has 0 radical (unpaired) electrons. The summed E-state index contributed by atoms with van der Waals surface area (Å²) in [7, 11) is 3.38. The highest BCUT2D eigenvalue weighted by Gasteiger charge is 2.15. The summed E-state index contributed by atoms with van der Waals surface area (Å²) >= 11 is 9.16. The van der Waals surface area contributed by atoms with Crippen LogP contribution in [-0.4, -0.2) is 30.1 Å². The van der Waals surface area contributed by atoms with Gasteiger partial charge >= 0.3 is 0 Å². The lowest BCUT2D eigenvalue weighted by Crippen LogP contribution is -2.17. The number of amides is 2. The molecule has 0 spiro atoms. The van der Waals surface area contributed by atoms with Gasteiger partial charge in [-0.1, -0.05) is 12.1 Å². The molecule has 0 saturated carbocycles. The number of thioether (sulfide) groups is 1. The third-order valence-electron chi connectivity index (χ3n) is 2.57. The van der Waals surface area contributed by atoms with Gasteiger partial charge in [0.25, 0.3) is 11.1 Å². The van der Waals surface area contributed by atoms with Crippen molar-refractivity contribution >= 4 is 71.8 Å². The molecule has 0 bridgehead atoms. The summed E-state index contributed by atoms with van der Waals surface area (Å²) in [5.74, 6) is -0.207. The van der Waals surface area contributed by atoms with Crippen molar-refractivity contribution in [3.05, 3.63) is 43.5 Å². The van der Waals surface area contributed by atoms with Crippen LogP contribution >= 0.6 is 55.0 Å². The molecule has 1 heterocycles. The van der Waals surface area contributed by atoms with Crippen molar-refractivity contribution in [2.45, 2.75) is 4.90 Å². The second kappa shape index (κ2) is 7.63. The fourth-order valence-corrected chi connectivity index (χ4v) is 4.16. The molecular weight excluding hydrogens is 452 g/mol. The highest BCUT2D eigenvalue weighted by Crippen LogP contribution is 2.34. The Morgan fingerprint density at radius 2 is 1.91 bits per heavy atom. The van der Waals surface area contributed by atoms with E-state index < -0.39 is 0 Å². The van der Waals surface area contributed by atoms with E-state index in [9.17, 15) is 9.59 Å². The molecule has 1 aromatic carbocycles. The number of rotatable bonds is 3. The fourth-order valence-electron chi connectivity index (χ4n) is 1.49. The number of halogens is 2. The van der Waals surface area contributed by atoms with Crippen LogP contribution in [0.2, 0.25) is 0 Å². The predicted octanol–water partition coefficient (Wildman–Crippen LogP) is 5.30. The van der Waals surface area contributed by atoms with E-state index in [4.69, 9.17) is 0 Å². The Labute approximate surface area is 153 Å². The van der Waals surface area contributed by atoms with Crippen LogP contribution in [0.15, 0.2) is 43.5 Å². The Morgan fingerprint density at radius 3 is 2.50 bits per heavy atom. The van der Waals surface area contributed by atoms with Gasteiger partial charge in [-0.25, -0.2) is 0 Å². The first-order valence-electron chi connectivity index (χ1n) is 6.13. The van der Waals surface area contributed by atoms with Crippen LogP contribution in [0.5, 0.6) is 0 Å². The van der Waals surface area contributed by atoms with E-state index in [0.29, 0.717) is 15.5 Å². The van der Waals surface area contributed by atoms with Crippen molar-refractivity contribution in [2.24, 2.45) is 0 Å². The van der Waals surface area contributed by atoms with E-state index in [-0.39, 0.29) is 11.1 Å². The van der Waals surface area contributed by atoms with Crippen LogP contribution < -0.4 is 5.32 Å². The van der Waals surface area contributed by atoms with Gasteiger partial charge in [0, 0.05) is 23.5 Å². The topological polar surface area (TPSA) is 49.4 Å². The molecule has 0 aliphatic carbocycles. The molecule has 1 N–H and O–H groups in total. The van der Waals surface area contributed by atoms with Crippen molar-refractivity contribution in [3.8, 4) is 0 Å². The first-order valence-corrected chi connectivity index (χ1v) is 9.34. The van der Waals surface area contributed by atoms with Gasteiger partial charge in [-0.2, -0.15) is 0 Å². The molecule has 22 heavy (non-hydrogen) atoms. The molecule has 4 nitrogen and oxygen atoms in total. The zero-order valence-electron chi connectivity index (χ0n) is 11.7. The van der Waals surface area contributed by atoms with Crippen LogP contribution in [0.3, 0.4) is 0 Å². The van der Waals surface area contributed by atoms with E-state index in [1.807, 2.05) is 18.2 Å². The number of nitrogens with zero attached hydrogens (tertiary/aromatic N) is 1. The third-order valence-corrected chi connectivity index (χ3v) is 6.94. The molecule has 0 fully saturated rings. The maximum absolute atomic E-state index is 12.3. The lowest BCUT2D eigenvalue weighted by molar-refractivity contribution is 0.103. The predicted molar refractivity (Wildman–Crippen MR) is 99.1 cm³/mol. The van der Waals surface area contributed by atoms with Gasteiger partial charge in [0.15, 0.2) is 0 Å². The number of benzene rings is 1. The van der Waals surface area contributed by atoms with Gasteiger partial charge in [0.2, 0.25) is 0 Å². The lowest BCUT2D eigenvalue weighted by Gasteiger charge is -2.12. The third kappa shape index (κ3) is 4.34. The average molecular weight is 464 g/mol. The van der Waals surface area contributed by atoms with Gasteiger partial charge in [-0.3, -0.25) is 9.59 Å². The number of hydrogen-bond acceptors (Lipinski definition) is 4. The Bertz CT molecular complexity index is 697. The molecule has 0 unspecified atom stereocenters. The van der Waals surface area contributed by atoms with Crippen molar-refractivity contribution in [1.82, 2.24) is 4.90 Å². The van der Waals surface area contributed by atoms with Crippen LogP contribution in [0.1, 0.15) is 9.67 Å². The van der Waals surface area contributed by atoms with Crippen molar-refractivity contribution < 1.29 is 9.59 Å². The van der Waals surface area contributed by atoms with Crippen molar-refractivity contribution in [1.29, 1.82) is 0 Å². The van der Waals surface area contributed by atoms with Crippen molar-refractivity contribution in [3.63, 3.8) is 0 Å². The number of carbonyl (C=O) groups excluding carboxylic acids is 2. The molecule has 0 saturated heterocycles. The molecule has 2 rings (SSSR count). The highest BCUT2D eigenvalue weighted by molar-refractivity contribution is 9.13. The first-order chi connectivity index (χ1) is 10.4. The molecule has 8 heteroatoms. The van der Waals surface area contributed by atoms with Gasteiger partial charge in [-0.05, 0) is 61.8 Å². The Balaban J connectivity index is 2.19. The Hall–Kier alpha value is -0.830. The minimum absolute atomic E-state index is 0.0942. The zero-order chi connectivity index (χ0) is 16.3. The number of carbonyl (C=O) groups is 2. The van der Waals surface area contributed by atoms with E-state index in [1.54, 1.807) is 26.2 Å². The molecule has 2 aromatic rings. The van der Waals surface area contributed by atoms with E-state index in [0.717, 1.165) is 20.0 Å². The van der Waals surface area contributed by atoms with Crippen LogP contribution in [0.25, 0.3) is 0 Å². The smallest absolute Gasteiger partial charge is 0.286 e. The summed E-state index contributed by atoms with van der Waals surface area (Å²) in [6.45, 7) is 0. The largest absolute Gasteiger partial charge is 0.339 e. The minimum Gasteiger partial charge on any atom is -0.339 e. The quantitative estimate of drug-likeness (QED) is 0.628. The van der Waals surface area contributed by atoms with Crippen LogP contribution in [0, 0.1) is 0 Å².